The van der Waals surface area contributed by atoms with E-state index in [1.165, 1.54) is 0 Å². The van der Waals surface area contributed by atoms with Crippen LogP contribution in [0.15, 0.2) is 24.3 Å². The van der Waals surface area contributed by atoms with Crippen LogP contribution in [0.4, 0.5) is 5.69 Å². The van der Waals surface area contributed by atoms with Crippen molar-refractivity contribution in [1.29, 1.82) is 0 Å². The molecule has 0 saturated carbocycles. The largest absolute Gasteiger partial charge is 0.399 e. The van der Waals surface area contributed by atoms with E-state index in [4.69, 9.17) is 17.3 Å². The molecule has 1 rings (SSSR count). The number of benzene rings is 1. The second kappa shape index (κ2) is 4.53. The Bertz CT molecular complexity index is 297. The van der Waals surface area contributed by atoms with Gasteiger partial charge in [0.25, 0.3) is 0 Å². The zero-order valence-corrected chi connectivity index (χ0v) is 8.77. The fourth-order valence-corrected chi connectivity index (χ4v) is 1.23. The summed E-state index contributed by atoms with van der Waals surface area (Å²) in [5, 5.41) is 1.54. The first-order chi connectivity index (χ1) is 5.74. The molecule has 2 N–H and O–H groups in total. The Kier molecular flexibility index (Phi) is 3.63. The van der Waals surface area contributed by atoms with Crippen LogP contribution in [0.3, 0.4) is 0 Å². The molecule has 0 heterocycles. The molecule has 64 valence electrons. The fraction of sp³-hybridized carbons (Fsp3) is 0.111. The monoisotopic (exact) mass is 245 g/mol. The lowest BCUT2D eigenvalue weighted by Gasteiger charge is -1.98. The number of nitrogen functional groups attached to an aromatic ring is 1. The molecule has 0 aliphatic carbocycles. The quantitative estimate of drug-likeness (QED) is 0.629. The van der Waals surface area contributed by atoms with Crippen molar-refractivity contribution in [3.8, 4) is 0 Å². The fourth-order valence-electron chi connectivity index (χ4n) is 0.861. The average molecular weight is 247 g/mol. The number of halogens is 2. The summed E-state index contributed by atoms with van der Waals surface area (Å²) in [5.74, 6) is 0. The molecule has 0 aliphatic heterocycles. The lowest BCUT2D eigenvalue weighted by Crippen LogP contribution is -1.85. The van der Waals surface area contributed by atoms with Gasteiger partial charge in [0.15, 0.2) is 0 Å². The van der Waals surface area contributed by atoms with Crippen LogP contribution in [0.2, 0.25) is 5.02 Å². The molecule has 0 fully saturated rings. The normalized spacial score (nSPS) is 10.8. The summed E-state index contributed by atoms with van der Waals surface area (Å²) in [6.07, 6.45) is 3.91. The molecule has 3 heteroatoms. The smallest absolute Gasteiger partial charge is 0.0479 e. The maximum Gasteiger partial charge on any atom is 0.0479 e. The van der Waals surface area contributed by atoms with E-state index in [0.717, 1.165) is 21.6 Å². The van der Waals surface area contributed by atoms with Crippen molar-refractivity contribution < 1.29 is 0 Å². The van der Waals surface area contributed by atoms with Gasteiger partial charge >= 0.3 is 0 Å². The van der Waals surface area contributed by atoms with Gasteiger partial charge in [0.1, 0.15) is 0 Å². The molecular weight excluding hydrogens is 237 g/mol. The van der Waals surface area contributed by atoms with E-state index >= 15 is 0 Å². The third kappa shape index (κ3) is 2.54. The molecule has 0 bridgehead atoms. The lowest BCUT2D eigenvalue weighted by atomic mass is 10.2. The van der Waals surface area contributed by atoms with Crippen LogP contribution in [0, 0.1) is 0 Å². The lowest BCUT2D eigenvalue weighted by molar-refractivity contribution is 1.63. The molecule has 1 nitrogen and oxygen atoms in total. The summed E-state index contributed by atoms with van der Waals surface area (Å²) in [4.78, 5) is 0. The van der Waals surface area contributed by atoms with Gasteiger partial charge in [-0.15, -0.1) is 0 Å². The number of anilines is 1. The van der Waals surface area contributed by atoms with Gasteiger partial charge in [-0.3, -0.25) is 0 Å². The first kappa shape index (κ1) is 9.62. The first-order valence-electron chi connectivity index (χ1n) is 3.51. The van der Waals surface area contributed by atoms with Gasteiger partial charge in [0.2, 0.25) is 0 Å². The van der Waals surface area contributed by atoms with Gasteiger partial charge in [-0.25, -0.2) is 0 Å². The number of nitrogens with two attached hydrogens (primary N) is 1. The van der Waals surface area contributed by atoms with Crippen molar-refractivity contribution in [3.63, 3.8) is 0 Å². The number of hydrogen-bond acceptors (Lipinski definition) is 1. The van der Waals surface area contributed by atoms with E-state index in [0.29, 0.717) is 0 Å². The Morgan fingerprint density at radius 1 is 1.50 bits per heavy atom. The van der Waals surface area contributed by atoms with E-state index in [1.54, 1.807) is 12.1 Å². The number of rotatable bonds is 2. The van der Waals surface area contributed by atoms with Crippen LogP contribution < -0.4 is 5.73 Å². The molecule has 0 amide bonds. The van der Waals surface area contributed by atoms with Crippen LogP contribution in [0.5, 0.6) is 0 Å². The Morgan fingerprint density at radius 2 is 2.25 bits per heavy atom. The topological polar surface area (TPSA) is 26.0 Å². The van der Waals surface area contributed by atoms with Gasteiger partial charge in [0.05, 0.1) is 0 Å². The van der Waals surface area contributed by atoms with Crippen molar-refractivity contribution in [3.05, 3.63) is 34.9 Å². The minimum Gasteiger partial charge on any atom is -0.399 e. The Balaban J connectivity index is 2.97. The maximum absolute atomic E-state index is 5.91. The standard InChI is InChI=1S/C9H9BrClN/c10-5-1-2-7-6-8(12)3-4-9(7)11/h1-4,6H,5,12H2. The summed E-state index contributed by atoms with van der Waals surface area (Å²) in [6, 6.07) is 5.43. The zero-order valence-electron chi connectivity index (χ0n) is 6.43. The zero-order chi connectivity index (χ0) is 8.97. The third-order valence-electron chi connectivity index (χ3n) is 1.41. The molecule has 0 aliphatic rings. The van der Waals surface area contributed by atoms with Crippen LogP contribution >= 0.6 is 27.5 Å². The first-order valence-corrected chi connectivity index (χ1v) is 5.01. The van der Waals surface area contributed by atoms with Crippen molar-refractivity contribution in [2.45, 2.75) is 0 Å². The minimum absolute atomic E-state index is 0.724. The predicted molar refractivity (Wildman–Crippen MR) is 58.7 cm³/mol. The molecule has 0 spiro atoms. The van der Waals surface area contributed by atoms with E-state index in [9.17, 15) is 0 Å². The van der Waals surface area contributed by atoms with E-state index in [1.807, 2.05) is 18.2 Å². The van der Waals surface area contributed by atoms with Crippen LogP contribution in [-0.2, 0) is 0 Å². The van der Waals surface area contributed by atoms with Crippen LogP contribution in [-0.4, -0.2) is 5.33 Å². The Morgan fingerprint density at radius 3 is 2.92 bits per heavy atom. The highest BCUT2D eigenvalue weighted by Gasteiger charge is 1.95. The van der Waals surface area contributed by atoms with Gasteiger partial charge in [-0.05, 0) is 23.8 Å². The molecule has 0 atom stereocenters. The Labute approximate surface area is 85.3 Å². The number of allylic oxidation sites excluding steroid dienone is 1. The Hall–Kier alpha value is -0.470. The SMILES string of the molecule is Nc1ccc(Cl)c(C=CCBr)c1. The third-order valence-corrected chi connectivity index (χ3v) is 2.12. The molecule has 0 radical (unpaired) electrons. The minimum atomic E-state index is 0.724. The maximum atomic E-state index is 5.91. The molecular formula is C9H9BrClN. The van der Waals surface area contributed by atoms with Crippen molar-refractivity contribution in [2.24, 2.45) is 0 Å². The van der Waals surface area contributed by atoms with Crippen molar-refractivity contribution in [1.82, 2.24) is 0 Å². The average Bonchev–Trinajstić information content (AvgIpc) is 2.07. The molecule has 0 saturated heterocycles. The molecule has 0 unspecified atom stereocenters. The molecule has 0 aromatic heterocycles. The van der Waals surface area contributed by atoms with Gasteiger partial charge in [-0.2, -0.15) is 0 Å². The number of hydrogen-bond donors (Lipinski definition) is 1. The summed E-state index contributed by atoms with van der Waals surface area (Å²) in [6.45, 7) is 0. The summed E-state index contributed by atoms with van der Waals surface area (Å²) >= 11 is 9.20. The van der Waals surface area contributed by atoms with E-state index in [2.05, 4.69) is 15.9 Å². The second-order valence-corrected chi connectivity index (χ2v) is 3.39. The molecule has 1 aromatic carbocycles. The highest BCUT2D eigenvalue weighted by Crippen LogP contribution is 2.20. The van der Waals surface area contributed by atoms with Crippen molar-refractivity contribution >= 4 is 39.3 Å². The highest BCUT2D eigenvalue weighted by molar-refractivity contribution is 9.09. The van der Waals surface area contributed by atoms with Crippen LogP contribution in [0.1, 0.15) is 5.56 Å². The number of alkyl halides is 1. The summed E-state index contributed by atoms with van der Waals surface area (Å²) < 4.78 is 0. The van der Waals surface area contributed by atoms with E-state index < -0.39 is 0 Å². The summed E-state index contributed by atoms with van der Waals surface area (Å²) in [7, 11) is 0. The highest BCUT2D eigenvalue weighted by atomic mass is 79.9. The van der Waals surface area contributed by atoms with E-state index in [-0.39, 0.29) is 0 Å². The predicted octanol–water partition coefficient (Wildman–Crippen LogP) is 3.33. The van der Waals surface area contributed by atoms with Gasteiger partial charge in [-0.1, -0.05) is 39.7 Å². The van der Waals surface area contributed by atoms with Gasteiger partial charge < -0.3 is 5.73 Å². The summed E-state index contributed by atoms with van der Waals surface area (Å²) in [5.41, 5.74) is 7.28. The molecule has 1 aromatic rings. The van der Waals surface area contributed by atoms with Gasteiger partial charge in [0, 0.05) is 16.0 Å². The van der Waals surface area contributed by atoms with Crippen molar-refractivity contribution in [2.75, 3.05) is 11.1 Å². The second-order valence-electron chi connectivity index (χ2n) is 2.34. The van der Waals surface area contributed by atoms with Crippen LogP contribution in [0.25, 0.3) is 6.08 Å². The molecule has 12 heavy (non-hydrogen) atoms.